The van der Waals surface area contributed by atoms with E-state index in [0.717, 1.165) is 13.0 Å². The number of benzene rings is 1. The molecule has 24 heavy (non-hydrogen) atoms. The number of piperazine rings is 1. The van der Waals surface area contributed by atoms with Crippen molar-refractivity contribution in [2.75, 3.05) is 46.4 Å². The van der Waals surface area contributed by atoms with Gasteiger partial charge in [-0.1, -0.05) is 0 Å². The molecule has 0 aliphatic carbocycles. The van der Waals surface area contributed by atoms with E-state index in [2.05, 4.69) is 5.32 Å². The van der Waals surface area contributed by atoms with Crippen LogP contribution >= 0.6 is 0 Å². The molecule has 0 aromatic heterocycles. The number of carbonyl (C=O) groups is 2. The van der Waals surface area contributed by atoms with Gasteiger partial charge in [0.05, 0.1) is 0 Å². The van der Waals surface area contributed by atoms with Gasteiger partial charge in [0.25, 0.3) is 5.91 Å². The molecule has 0 bridgehead atoms. The lowest BCUT2D eigenvalue weighted by Crippen LogP contribution is -2.51. The Kier molecular flexibility index (Phi) is 6.99. The summed E-state index contributed by atoms with van der Waals surface area (Å²) in [5.74, 6) is 0.133. The molecule has 0 unspecified atom stereocenters. The molecular weight excluding hydrogens is 313 g/mol. The lowest BCUT2D eigenvalue weighted by atomic mass is 10.2. The first-order chi connectivity index (χ1) is 11.6. The first-order valence-electron chi connectivity index (χ1n) is 8.18. The normalized spacial score (nSPS) is 14.6. The van der Waals surface area contributed by atoms with Crippen molar-refractivity contribution >= 4 is 11.8 Å². The van der Waals surface area contributed by atoms with Crippen molar-refractivity contribution in [1.29, 1.82) is 0 Å². The second-order valence-electron chi connectivity index (χ2n) is 5.71. The Labute approximate surface area is 141 Å². The summed E-state index contributed by atoms with van der Waals surface area (Å²) < 4.78 is 18.2. The average molecular weight is 337 g/mol. The Morgan fingerprint density at radius 2 is 1.67 bits per heavy atom. The van der Waals surface area contributed by atoms with Gasteiger partial charge >= 0.3 is 0 Å². The van der Waals surface area contributed by atoms with Crippen LogP contribution in [0.25, 0.3) is 0 Å². The van der Waals surface area contributed by atoms with Crippen LogP contribution in [0.4, 0.5) is 4.39 Å². The fourth-order valence-electron chi connectivity index (χ4n) is 2.55. The van der Waals surface area contributed by atoms with Crippen molar-refractivity contribution in [1.82, 2.24) is 15.1 Å². The van der Waals surface area contributed by atoms with Crippen LogP contribution in [0.2, 0.25) is 0 Å². The molecule has 132 valence electrons. The van der Waals surface area contributed by atoms with E-state index in [1.807, 2.05) is 7.05 Å². The molecule has 1 aromatic carbocycles. The highest BCUT2D eigenvalue weighted by molar-refractivity contribution is 5.79. The van der Waals surface area contributed by atoms with Gasteiger partial charge in [0, 0.05) is 32.6 Å². The topological polar surface area (TPSA) is 61.9 Å². The molecule has 1 saturated heterocycles. The average Bonchev–Trinajstić information content (AvgIpc) is 2.61. The lowest BCUT2D eigenvalue weighted by molar-refractivity contribution is -0.140. The fraction of sp³-hybridized carbons (Fsp3) is 0.529. The van der Waals surface area contributed by atoms with Crippen molar-refractivity contribution in [3.8, 4) is 5.75 Å². The molecular formula is C17H24FN3O3. The standard InChI is InChI=1S/C17H24FN3O3/c1-19-8-2-3-16(22)20-9-11-21(12-10-20)17(23)13-24-15-6-4-14(18)5-7-15/h4-7,19H,2-3,8-13H2,1H3. The SMILES string of the molecule is CNCCCC(=O)N1CCN(C(=O)COc2ccc(F)cc2)CC1. The van der Waals surface area contributed by atoms with Gasteiger partial charge < -0.3 is 19.9 Å². The summed E-state index contributed by atoms with van der Waals surface area (Å²) in [4.78, 5) is 27.7. The third-order valence-corrected chi connectivity index (χ3v) is 3.98. The Hall–Kier alpha value is -2.15. The van der Waals surface area contributed by atoms with Gasteiger partial charge in [0.2, 0.25) is 5.91 Å². The zero-order valence-corrected chi connectivity index (χ0v) is 14.0. The molecule has 6 nitrogen and oxygen atoms in total. The van der Waals surface area contributed by atoms with Crippen LogP contribution in [0.1, 0.15) is 12.8 Å². The quantitative estimate of drug-likeness (QED) is 0.750. The predicted octanol–water partition coefficient (Wildman–Crippen LogP) is 0.875. The molecule has 0 spiro atoms. The summed E-state index contributed by atoms with van der Waals surface area (Å²) in [6.07, 6.45) is 1.35. The third kappa shape index (κ3) is 5.49. The van der Waals surface area contributed by atoms with E-state index in [1.165, 1.54) is 24.3 Å². The lowest BCUT2D eigenvalue weighted by Gasteiger charge is -2.34. The molecule has 0 radical (unpaired) electrons. The second kappa shape index (κ2) is 9.22. The first-order valence-corrected chi connectivity index (χ1v) is 8.18. The molecule has 1 aliphatic heterocycles. The van der Waals surface area contributed by atoms with Crippen molar-refractivity contribution in [3.05, 3.63) is 30.1 Å². The van der Waals surface area contributed by atoms with Gasteiger partial charge in [-0.15, -0.1) is 0 Å². The maximum absolute atomic E-state index is 12.8. The number of halogens is 1. The summed E-state index contributed by atoms with van der Waals surface area (Å²) in [7, 11) is 1.86. The van der Waals surface area contributed by atoms with Crippen LogP contribution in [0.5, 0.6) is 5.75 Å². The summed E-state index contributed by atoms with van der Waals surface area (Å²) in [6, 6.07) is 5.56. The van der Waals surface area contributed by atoms with Crippen molar-refractivity contribution in [2.24, 2.45) is 0 Å². The van der Waals surface area contributed by atoms with Gasteiger partial charge in [0.1, 0.15) is 11.6 Å². The number of amides is 2. The molecule has 1 N–H and O–H groups in total. The van der Waals surface area contributed by atoms with E-state index >= 15 is 0 Å². The zero-order chi connectivity index (χ0) is 17.4. The minimum Gasteiger partial charge on any atom is -0.484 e. The number of ether oxygens (including phenoxy) is 1. The van der Waals surface area contributed by atoms with E-state index < -0.39 is 0 Å². The van der Waals surface area contributed by atoms with Crippen LogP contribution in [0, 0.1) is 5.82 Å². The zero-order valence-electron chi connectivity index (χ0n) is 14.0. The maximum Gasteiger partial charge on any atom is 0.260 e. The number of hydrogen-bond acceptors (Lipinski definition) is 4. The summed E-state index contributed by atoms with van der Waals surface area (Å²) in [6.45, 7) is 2.89. The minimum atomic E-state index is -0.343. The molecule has 2 rings (SSSR count). The van der Waals surface area contributed by atoms with Gasteiger partial charge in [-0.2, -0.15) is 0 Å². The van der Waals surface area contributed by atoms with Crippen LogP contribution < -0.4 is 10.1 Å². The predicted molar refractivity (Wildman–Crippen MR) is 88.2 cm³/mol. The summed E-state index contributed by atoms with van der Waals surface area (Å²) in [5.41, 5.74) is 0. The number of rotatable bonds is 7. The Morgan fingerprint density at radius 1 is 1.08 bits per heavy atom. The molecule has 7 heteroatoms. The second-order valence-corrected chi connectivity index (χ2v) is 5.71. The molecule has 0 saturated carbocycles. The summed E-state index contributed by atoms with van der Waals surface area (Å²) in [5, 5.41) is 3.02. The van der Waals surface area contributed by atoms with Crippen molar-refractivity contribution in [2.45, 2.75) is 12.8 Å². The highest BCUT2D eigenvalue weighted by Gasteiger charge is 2.23. The molecule has 2 amide bonds. The molecule has 1 fully saturated rings. The monoisotopic (exact) mass is 337 g/mol. The highest BCUT2D eigenvalue weighted by Crippen LogP contribution is 2.12. The van der Waals surface area contributed by atoms with Crippen LogP contribution in [0.15, 0.2) is 24.3 Å². The molecule has 1 heterocycles. The third-order valence-electron chi connectivity index (χ3n) is 3.98. The maximum atomic E-state index is 12.8. The van der Waals surface area contributed by atoms with Crippen LogP contribution in [-0.2, 0) is 9.59 Å². The molecule has 0 atom stereocenters. The number of nitrogens with zero attached hydrogens (tertiary/aromatic N) is 2. The van der Waals surface area contributed by atoms with E-state index in [4.69, 9.17) is 4.74 Å². The van der Waals surface area contributed by atoms with Crippen LogP contribution in [-0.4, -0.2) is 68.0 Å². The Bertz CT molecular complexity index is 543. The summed E-state index contributed by atoms with van der Waals surface area (Å²) >= 11 is 0. The molecule has 1 aromatic rings. The fourth-order valence-corrected chi connectivity index (χ4v) is 2.55. The number of carbonyl (C=O) groups excluding carboxylic acids is 2. The number of hydrogen-bond donors (Lipinski definition) is 1. The largest absolute Gasteiger partial charge is 0.484 e. The Balaban J connectivity index is 1.70. The van der Waals surface area contributed by atoms with Crippen molar-refractivity contribution in [3.63, 3.8) is 0 Å². The van der Waals surface area contributed by atoms with E-state index in [1.54, 1.807) is 9.80 Å². The Morgan fingerprint density at radius 3 is 2.25 bits per heavy atom. The number of nitrogens with one attached hydrogen (secondary N) is 1. The molecule has 1 aliphatic rings. The van der Waals surface area contributed by atoms with E-state index in [9.17, 15) is 14.0 Å². The smallest absolute Gasteiger partial charge is 0.260 e. The van der Waals surface area contributed by atoms with Crippen LogP contribution in [0.3, 0.4) is 0 Å². The van der Waals surface area contributed by atoms with Gasteiger partial charge in [-0.05, 0) is 44.3 Å². The highest BCUT2D eigenvalue weighted by atomic mass is 19.1. The van der Waals surface area contributed by atoms with E-state index in [0.29, 0.717) is 38.3 Å². The van der Waals surface area contributed by atoms with E-state index in [-0.39, 0.29) is 24.2 Å². The first kappa shape index (κ1) is 18.2. The van der Waals surface area contributed by atoms with Gasteiger partial charge in [-0.3, -0.25) is 9.59 Å². The van der Waals surface area contributed by atoms with Crippen molar-refractivity contribution < 1.29 is 18.7 Å². The van der Waals surface area contributed by atoms with Gasteiger partial charge in [0.15, 0.2) is 6.61 Å². The minimum absolute atomic E-state index is 0.0816. The van der Waals surface area contributed by atoms with Gasteiger partial charge in [-0.25, -0.2) is 4.39 Å².